The number of carbonyl (C=O) groups excluding carboxylic acids is 2. The molecule has 2 atom stereocenters. The predicted octanol–water partition coefficient (Wildman–Crippen LogP) is 2.33. The van der Waals surface area contributed by atoms with Gasteiger partial charge in [-0.05, 0) is 39.0 Å². The lowest BCUT2D eigenvalue weighted by Crippen LogP contribution is -2.68. The van der Waals surface area contributed by atoms with E-state index in [-0.39, 0.29) is 29.4 Å². The minimum atomic E-state index is -0.374. The second-order valence-electron chi connectivity index (χ2n) is 6.28. The van der Waals surface area contributed by atoms with E-state index in [9.17, 15) is 9.59 Å². The Bertz CT molecular complexity index is 348. The average Bonchev–Trinajstić information content (AvgIpc) is 2.35. The molecule has 1 saturated heterocycles. The highest BCUT2D eigenvalue weighted by molar-refractivity contribution is 5.97. The smallest absolute Gasteiger partial charge is 0.246 e. The van der Waals surface area contributed by atoms with Crippen LogP contribution in [0.2, 0.25) is 0 Å². The van der Waals surface area contributed by atoms with Gasteiger partial charge in [-0.3, -0.25) is 9.59 Å². The number of hydrogen-bond acceptors (Lipinski definition) is 2. The van der Waals surface area contributed by atoms with Gasteiger partial charge >= 0.3 is 0 Å². The van der Waals surface area contributed by atoms with Crippen molar-refractivity contribution in [3.8, 4) is 0 Å². The molecule has 0 spiro atoms. The number of nitrogens with zero attached hydrogens (tertiary/aromatic N) is 1. The minimum absolute atomic E-state index is 0.0293. The highest BCUT2D eigenvalue weighted by atomic mass is 16.2. The summed E-state index contributed by atoms with van der Waals surface area (Å²) in [5.74, 6) is 0.435. The summed E-state index contributed by atoms with van der Waals surface area (Å²) in [5.41, 5.74) is -0.233. The molecular weight excluding hydrogens is 240 g/mol. The van der Waals surface area contributed by atoms with E-state index in [2.05, 4.69) is 39.9 Å². The number of nitrogens with one attached hydrogen (secondary N) is 1. The molecule has 19 heavy (non-hydrogen) atoms. The molecule has 0 aromatic rings. The zero-order valence-corrected chi connectivity index (χ0v) is 13.1. The molecule has 0 radical (unpaired) electrons. The molecule has 1 aliphatic rings. The summed E-state index contributed by atoms with van der Waals surface area (Å²) in [6.07, 6.45) is 2.43. The van der Waals surface area contributed by atoms with Gasteiger partial charge in [0.2, 0.25) is 11.8 Å². The first-order chi connectivity index (χ1) is 8.76. The summed E-state index contributed by atoms with van der Waals surface area (Å²) in [6.45, 7) is 12.2. The van der Waals surface area contributed by atoms with Crippen LogP contribution in [0.25, 0.3) is 0 Å². The van der Waals surface area contributed by atoms with Gasteiger partial charge in [-0.15, -0.1) is 0 Å². The summed E-state index contributed by atoms with van der Waals surface area (Å²) in [6, 6.07) is -0.734. The third-order valence-corrected chi connectivity index (χ3v) is 4.43. The monoisotopic (exact) mass is 268 g/mol. The van der Waals surface area contributed by atoms with Crippen molar-refractivity contribution in [1.29, 1.82) is 0 Å². The van der Waals surface area contributed by atoms with Crippen molar-refractivity contribution in [2.45, 2.75) is 78.4 Å². The zero-order chi connectivity index (χ0) is 14.8. The lowest BCUT2D eigenvalue weighted by atomic mass is 9.88. The number of rotatable bonds is 5. The summed E-state index contributed by atoms with van der Waals surface area (Å²) >= 11 is 0. The maximum Gasteiger partial charge on any atom is 0.246 e. The van der Waals surface area contributed by atoms with Crippen LogP contribution in [0.4, 0.5) is 0 Å². The molecule has 0 saturated carbocycles. The third-order valence-electron chi connectivity index (χ3n) is 4.43. The van der Waals surface area contributed by atoms with E-state index < -0.39 is 0 Å². The number of hydrogen-bond donors (Lipinski definition) is 1. The van der Waals surface area contributed by atoms with Crippen LogP contribution in [0.1, 0.15) is 60.8 Å². The van der Waals surface area contributed by atoms with Gasteiger partial charge in [-0.2, -0.15) is 0 Å². The minimum Gasteiger partial charge on any atom is -0.343 e. The van der Waals surface area contributed by atoms with Crippen LogP contribution < -0.4 is 5.32 Å². The molecule has 4 nitrogen and oxygen atoms in total. The first-order valence-electron chi connectivity index (χ1n) is 7.40. The second-order valence-corrected chi connectivity index (χ2v) is 6.28. The van der Waals surface area contributed by atoms with Crippen LogP contribution >= 0.6 is 0 Å². The van der Waals surface area contributed by atoms with Crippen molar-refractivity contribution in [1.82, 2.24) is 10.2 Å². The fraction of sp³-hybridized carbons (Fsp3) is 0.867. The number of piperazine rings is 1. The predicted molar refractivity (Wildman–Crippen MR) is 76.7 cm³/mol. The van der Waals surface area contributed by atoms with Crippen LogP contribution in [0, 0.1) is 5.92 Å². The van der Waals surface area contributed by atoms with Gasteiger partial charge in [0.25, 0.3) is 0 Å². The molecule has 0 bridgehead atoms. The normalized spacial score (nSPS) is 24.9. The third kappa shape index (κ3) is 3.10. The molecule has 4 heteroatoms. The Labute approximate surface area is 116 Å². The van der Waals surface area contributed by atoms with Crippen molar-refractivity contribution in [2.24, 2.45) is 5.92 Å². The Hall–Kier alpha value is -1.06. The molecule has 110 valence electrons. The Kier molecular flexibility index (Phi) is 4.99. The highest BCUT2D eigenvalue weighted by Gasteiger charge is 2.45. The molecule has 2 unspecified atom stereocenters. The Morgan fingerprint density at radius 2 is 1.79 bits per heavy atom. The van der Waals surface area contributed by atoms with Crippen LogP contribution in [0.15, 0.2) is 0 Å². The lowest BCUT2D eigenvalue weighted by Gasteiger charge is -2.48. The van der Waals surface area contributed by atoms with Crippen molar-refractivity contribution in [3.63, 3.8) is 0 Å². The SMILES string of the molecule is CCC(C)(CC)N1C(=O)C(CC(C)C)NC(=O)C1C. The molecule has 1 rings (SSSR count). The topological polar surface area (TPSA) is 49.4 Å². The van der Waals surface area contributed by atoms with Gasteiger partial charge < -0.3 is 10.2 Å². The molecule has 0 aromatic carbocycles. The van der Waals surface area contributed by atoms with Gasteiger partial charge in [0.05, 0.1) is 0 Å². The molecule has 2 amide bonds. The molecule has 1 fully saturated rings. The molecule has 1 heterocycles. The zero-order valence-electron chi connectivity index (χ0n) is 13.1. The van der Waals surface area contributed by atoms with E-state index in [1.165, 1.54) is 0 Å². The Morgan fingerprint density at radius 3 is 2.21 bits per heavy atom. The summed E-state index contributed by atoms with van der Waals surface area (Å²) in [7, 11) is 0. The van der Waals surface area contributed by atoms with Crippen molar-refractivity contribution in [2.75, 3.05) is 0 Å². The molecular formula is C15H28N2O2. The van der Waals surface area contributed by atoms with E-state index in [1.54, 1.807) is 0 Å². The van der Waals surface area contributed by atoms with Crippen molar-refractivity contribution in [3.05, 3.63) is 0 Å². The first kappa shape index (κ1) is 16.0. The highest BCUT2D eigenvalue weighted by Crippen LogP contribution is 2.29. The fourth-order valence-corrected chi connectivity index (χ4v) is 2.79. The summed E-state index contributed by atoms with van der Waals surface area (Å²) in [4.78, 5) is 26.6. The van der Waals surface area contributed by atoms with E-state index >= 15 is 0 Å². The number of carbonyl (C=O) groups is 2. The van der Waals surface area contributed by atoms with Crippen LogP contribution in [-0.2, 0) is 9.59 Å². The molecule has 0 aromatic heterocycles. The van der Waals surface area contributed by atoms with Crippen molar-refractivity contribution < 1.29 is 9.59 Å². The molecule has 1 aliphatic heterocycles. The van der Waals surface area contributed by atoms with Gasteiger partial charge in [-0.25, -0.2) is 0 Å². The van der Waals surface area contributed by atoms with Crippen LogP contribution in [0.3, 0.4) is 0 Å². The first-order valence-corrected chi connectivity index (χ1v) is 7.40. The Balaban J connectivity index is 3.05. The number of amides is 2. The van der Waals surface area contributed by atoms with Crippen molar-refractivity contribution >= 4 is 11.8 Å². The molecule has 1 N–H and O–H groups in total. The van der Waals surface area contributed by atoms with Crippen LogP contribution in [0.5, 0.6) is 0 Å². The van der Waals surface area contributed by atoms with Gasteiger partial charge in [-0.1, -0.05) is 27.7 Å². The van der Waals surface area contributed by atoms with E-state index in [0.717, 1.165) is 12.8 Å². The summed E-state index contributed by atoms with van der Waals surface area (Å²) in [5, 5.41) is 2.87. The van der Waals surface area contributed by atoms with E-state index in [0.29, 0.717) is 12.3 Å². The van der Waals surface area contributed by atoms with E-state index in [4.69, 9.17) is 0 Å². The molecule has 0 aliphatic carbocycles. The second kappa shape index (κ2) is 5.93. The lowest BCUT2D eigenvalue weighted by molar-refractivity contribution is -0.156. The van der Waals surface area contributed by atoms with Gasteiger partial charge in [0.15, 0.2) is 0 Å². The van der Waals surface area contributed by atoms with E-state index in [1.807, 2.05) is 11.8 Å². The quantitative estimate of drug-likeness (QED) is 0.832. The average molecular weight is 268 g/mol. The largest absolute Gasteiger partial charge is 0.343 e. The summed E-state index contributed by atoms with van der Waals surface area (Å²) < 4.78 is 0. The van der Waals surface area contributed by atoms with Gasteiger partial charge in [0.1, 0.15) is 12.1 Å². The fourth-order valence-electron chi connectivity index (χ4n) is 2.79. The van der Waals surface area contributed by atoms with Crippen LogP contribution in [-0.4, -0.2) is 34.3 Å². The van der Waals surface area contributed by atoms with Gasteiger partial charge in [0, 0.05) is 5.54 Å². The standard InChI is InChI=1S/C15H28N2O2/c1-7-15(6,8-2)17-11(5)13(18)16-12(14(17)19)9-10(3)4/h10-12H,7-9H2,1-6H3,(H,16,18). The maximum atomic E-state index is 12.7. The maximum absolute atomic E-state index is 12.7. The Morgan fingerprint density at radius 1 is 1.26 bits per heavy atom.